The molecule has 0 bridgehead atoms. The van der Waals surface area contributed by atoms with Crippen molar-refractivity contribution in [1.29, 1.82) is 0 Å². The van der Waals surface area contributed by atoms with E-state index in [4.69, 9.17) is 26.8 Å². The van der Waals surface area contributed by atoms with Gasteiger partial charge in [0.25, 0.3) is 0 Å². The van der Waals surface area contributed by atoms with Gasteiger partial charge in [-0.3, -0.25) is 0 Å². The Bertz CT molecular complexity index is 722. The average molecular weight is 328 g/mol. The summed E-state index contributed by atoms with van der Waals surface area (Å²) in [7, 11) is 2.71. The smallest absolute Gasteiger partial charge is 0.199 e. The van der Waals surface area contributed by atoms with Crippen LogP contribution in [0.5, 0.6) is 11.5 Å². The van der Waals surface area contributed by atoms with Crippen LogP contribution in [-0.4, -0.2) is 24.2 Å². The standard InChI is InChI=1S/C15H19ClFN3O2/c1-6(2)7(3)15-19-11-8(14(18)20-15)10(17)13(22-5)12(21-4)9(11)16/h6-7H,1-5H3,(H2,18,19,20). The van der Waals surface area contributed by atoms with Gasteiger partial charge in [-0.05, 0) is 5.92 Å². The molecule has 1 atom stereocenters. The molecule has 7 heteroatoms. The number of anilines is 1. The Morgan fingerprint density at radius 3 is 2.18 bits per heavy atom. The Balaban J connectivity index is 2.87. The first-order valence-corrected chi connectivity index (χ1v) is 7.27. The predicted octanol–water partition coefficient (Wildman–Crippen LogP) is 3.78. The number of hydrogen-bond donors (Lipinski definition) is 1. The van der Waals surface area contributed by atoms with Crippen molar-refractivity contribution in [1.82, 2.24) is 9.97 Å². The van der Waals surface area contributed by atoms with Crippen LogP contribution in [0.2, 0.25) is 5.02 Å². The van der Waals surface area contributed by atoms with Gasteiger partial charge in [0.1, 0.15) is 22.2 Å². The van der Waals surface area contributed by atoms with Gasteiger partial charge in [-0.15, -0.1) is 0 Å². The zero-order valence-corrected chi connectivity index (χ0v) is 14.0. The number of methoxy groups -OCH3 is 2. The van der Waals surface area contributed by atoms with E-state index in [1.807, 2.05) is 20.8 Å². The van der Waals surface area contributed by atoms with E-state index >= 15 is 0 Å². The predicted molar refractivity (Wildman–Crippen MR) is 85.3 cm³/mol. The number of rotatable bonds is 4. The molecule has 1 aromatic carbocycles. The van der Waals surface area contributed by atoms with Crippen LogP contribution in [0, 0.1) is 11.7 Å². The molecule has 1 unspecified atom stereocenters. The molecular weight excluding hydrogens is 309 g/mol. The highest BCUT2D eigenvalue weighted by Gasteiger charge is 2.25. The Morgan fingerprint density at radius 2 is 1.68 bits per heavy atom. The molecule has 22 heavy (non-hydrogen) atoms. The number of ether oxygens (including phenoxy) is 2. The molecule has 0 aliphatic rings. The molecule has 0 fully saturated rings. The monoisotopic (exact) mass is 327 g/mol. The number of hydrogen-bond acceptors (Lipinski definition) is 5. The minimum absolute atomic E-state index is 0.0350. The van der Waals surface area contributed by atoms with Crippen LogP contribution in [0.3, 0.4) is 0 Å². The highest BCUT2D eigenvalue weighted by atomic mass is 35.5. The molecular formula is C15H19ClFN3O2. The third kappa shape index (κ3) is 2.52. The number of aromatic nitrogens is 2. The van der Waals surface area contributed by atoms with Gasteiger partial charge in [-0.1, -0.05) is 32.4 Å². The molecule has 1 heterocycles. The Morgan fingerprint density at radius 1 is 1.09 bits per heavy atom. The van der Waals surface area contributed by atoms with Crippen LogP contribution >= 0.6 is 11.6 Å². The first-order chi connectivity index (χ1) is 10.3. The van der Waals surface area contributed by atoms with Gasteiger partial charge in [0, 0.05) is 5.92 Å². The minimum Gasteiger partial charge on any atom is -0.491 e. The van der Waals surface area contributed by atoms with Crippen LogP contribution in [0.4, 0.5) is 10.2 Å². The lowest BCUT2D eigenvalue weighted by molar-refractivity contribution is 0.339. The lowest BCUT2D eigenvalue weighted by Crippen LogP contribution is -2.10. The molecule has 0 amide bonds. The fourth-order valence-electron chi connectivity index (χ4n) is 2.16. The summed E-state index contributed by atoms with van der Waals surface area (Å²) in [4.78, 5) is 8.63. The van der Waals surface area contributed by atoms with Gasteiger partial charge in [0.15, 0.2) is 17.3 Å². The van der Waals surface area contributed by atoms with E-state index in [-0.39, 0.29) is 39.2 Å². The average Bonchev–Trinajstić information content (AvgIpc) is 2.48. The van der Waals surface area contributed by atoms with Crippen molar-refractivity contribution in [3.63, 3.8) is 0 Å². The molecule has 1 aromatic heterocycles. The highest BCUT2D eigenvalue weighted by Crippen LogP contribution is 2.44. The fourth-order valence-corrected chi connectivity index (χ4v) is 2.46. The normalized spacial score (nSPS) is 12.7. The van der Waals surface area contributed by atoms with Gasteiger partial charge < -0.3 is 15.2 Å². The summed E-state index contributed by atoms with van der Waals surface area (Å²) >= 11 is 6.31. The maximum atomic E-state index is 14.6. The molecule has 0 spiro atoms. The summed E-state index contributed by atoms with van der Waals surface area (Å²) in [5.41, 5.74) is 6.16. The molecule has 0 aliphatic heterocycles. The van der Waals surface area contributed by atoms with Crippen LogP contribution in [-0.2, 0) is 0 Å². The second kappa shape index (κ2) is 6.12. The van der Waals surface area contributed by atoms with E-state index in [0.717, 1.165) is 0 Å². The summed E-state index contributed by atoms with van der Waals surface area (Å²) < 4.78 is 24.8. The second-order valence-corrected chi connectivity index (χ2v) is 5.80. The van der Waals surface area contributed by atoms with E-state index in [1.165, 1.54) is 14.2 Å². The molecule has 0 saturated heterocycles. The maximum Gasteiger partial charge on any atom is 0.199 e. The van der Waals surface area contributed by atoms with Gasteiger partial charge in [0.2, 0.25) is 0 Å². The number of nitrogens with zero attached hydrogens (tertiary/aromatic N) is 2. The zero-order valence-electron chi connectivity index (χ0n) is 13.2. The largest absolute Gasteiger partial charge is 0.491 e. The SMILES string of the molecule is COc1c(OC)c(F)c2c(N)nc(C(C)C(C)C)nc2c1Cl. The van der Waals surface area contributed by atoms with E-state index in [2.05, 4.69) is 9.97 Å². The number of nitrogen functional groups attached to an aromatic ring is 1. The van der Waals surface area contributed by atoms with Crippen molar-refractivity contribution in [2.75, 3.05) is 20.0 Å². The summed E-state index contributed by atoms with van der Waals surface area (Å²) in [5.74, 6) is 0.219. The van der Waals surface area contributed by atoms with Crippen molar-refractivity contribution in [3.8, 4) is 11.5 Å². The topological polar surface area (TPSA) is 70.3 Å². The van der Waals surface area contributed by atoms with Crippen LogP contribution in [0.25, 0.3) is 10.9 Å². The molecule has 0 aliphatic carbocycles. The van der Waals surface area contributed by atoms with E-state index in [9.17, 15) is 4.39 Å². The maximum absolute atomic E-state index is 14.6. The van der Waals surface area contributed by atoms with Crippen molar-refractivity contribution in [2.45, 2.75) is 26.7 Å². The summed E-state index contributed by atoms with van der Waals surface area (Å²) in [6, 6.07) is 0. The molecule has 0 radical (unpaired) electrons. The van der Waals surface area contributed by atoms with Crippen LogP contribution in [0.1, 0.15) is 32.5 Å². The number of benzene rings is 1. The molecule has 2 aromatic rings. The van der Waals surface area contributed by atoms with Gasteiger partial charge in [0.05, 0.1) is 19.6 Å². The van der Waals surface area contributed by atoms with Crippen molar-refractivity contribution in [3.05, 3.63) is 16.7 Å². The third-order valence-corrected chi connectivity index (χ3v) is 4.15. The van der Waals surface area contributed by atoms with E-state index in [1.54, 1.807) is 0 Å². The van der Waals surface area contributed by atoms with Gasteiger partial charge >= 0.3 is 0 Å². The summed E-state index contributed by atoms with van der Waals surface area (Å²) in [6.45, 7) is 6.08. The van der Waals surface area contributed by atoms with Crippen LogP contribution in [0.15, 0.2) is 0 Å². The summed E-state index contributed by atoms with van der Waals surface area (Å²) in [5, 5.41) is 0.199. The van der Waals surface area contributed by atoms with Gasteiger partial charge in [-0.25, -0.2) is 14.4 Å². The highest BCUT2D eigenvalue weighted by molar-refractivity contribution is 6.37. The lowest BCUT2D eigenvalue weighted by atomic mass is 9.97. The van der Waals surface area contributed by atoms with Crippen molar-refractivity contribution < 1.29 is 13.9 Å². The van der Waals surface area contributed by atoms with Crippen molar-refractivity contribution >= 4 is 28.3 Å². The first-order valence-electron chi connectivity index (χ1n) is 6.89. The number of halogens is 2. The Hall–Kier alpha value is -1.82. The molecule has 2 N–H and O–H groups in total. The minimum atomic E-state index is -0.681. The molecule has 0 saturated carbocycles. The van der Waals surface area contributed by atoms with Gasteiger partial charge in [-0.2, -0.15) is 0 Å². The molecule has 120 valence electrons. The van der Waals surface area contributed by atoms with Crippen LogP contribution < -0.4 is 15.2 Å². The number of fused-ring (bicyclic) bond motifs is 1. The quantitative estimate of drug-likeness (QED) is 0.925. The van der Waals surface area contributed by atoms with Crippen molar-refractivity contribution in [2.24, 2.45) is 5.92 Å². The zero-order chi connectivity index (χ0) is 16.6. The first kappa shape index (κ1) is 16.5. The van der Waals surface area contributed by atoms with E-state index in [0.29, 0.717) is 11.7 Å². The third-order valence-electron chi connectivity index (χ3n) is 3.80. The molecule has 2 rings (SSSR count). The fraction of sp³-hybridized carbons (Fsp3) is 0.467. The lowest BCUT2D eigenvalue weighted by Gasteiger charge is -2.18. The van der Waals surface area contributed by atoms with E-state index < -0.39 is 5.82 Å². The Kier molecular flexibility index (Phi) is 4.60. The Labute approximate surface area is 133 Å². The number of nitrogens with two attached hydrogens (primary N) is 1. The summed E-state index contributed by atoms with van der Waals surface area (Å²) in [6.07, 6.45) is 0. The molecule has 5 nitrogen and oxygen atoms in total. The second-order valence-electron chi connectivity index (χ2n) is 5.42.